The molecule has 0 atom stereocenters. The number of carbonyl (C=O) groups is 9. The van der Waals surface area contributed by atoms with E-state index in [2.05, 4.69) is 123 Å². The number of carbonyl (C=O) groups excluding carboxylic acids is 9. The Hall–Kier alpha value is -1.62. The molecule has 0 bridgehead atoms. The summed E-state index contributed by atoms with van der Waals surface area (Å²) in [5.41, 5.74) is -2.08. The van der Waals surface area contributed by atoms with Crippen LogP contribution in [0.5, 0.6) is 0 Å². The minimum atomic E-state index is -1.28. The Balaban J connectivity index is -0.000000829. The lowest BCUT2D eigenvalue weighted by atomic mass is 9.88. The summed E-state index contributed by atoms with van der Waals surface area (Å²) >= 11 is 33.9. The molecule has 0 rings (SSSR count). The van der Waals surface area contributed by atoms with E-state index in [-0.39, 0.29) is 111 Å². The molecule has 0 heterocycles. The standard InChI is InChI=1S/C13H20O8S4.C12H20O6S3.C6H10O4S2/c14-9(1-22)18-5-13(6-19-10(15)2-23,7-20-11(16)3-24)8-21-12(17)4-25;1-2-12(6-16-9(13)3-19,7-17-10(14)4-20)8-18-11(15)5-21;7-5(3-11)9-1-2-10-6(8)4-12/h22-25H,1-8H2;19-21H,2-8H2,1H3;11-12H,1-4H2. The molecule has 0 aliphatic heterocycles. The minimum absolute atomic E-state index is 0.0283. The molecule has 0 saturated carbocycles. The van der Waals surface area contributed by atoms with Crippen molar-refractivity contribution in [3.63, 3.8) is 0 Å². The molecule has 0 fully saturated rings. The van der Waals surface area contributed by atoms with Crippen LogP contribution in [-0.4, -0.2) is 165 Å². The Morgan fingerprint density at radius 3 is 0.603 bits per heavy atom. The first-order chi connectivity index (χ1) is 27.4. The first-order valence-electron chi connectivity index (χ1n) is 16.3. The van der Waals surface area contributed by atoms with Crippen LogP contribution in [0.2, 0.25) is 0 Å². The molecule has 0 amide bonds. The van der Waals surface area contributed by atoms with Gasteiger partial charge in [-0.3, -0.25) is 43.2 Å². The molecule has 0 aromatic heterocycles. The van der Waals surface area contributed by atoms with Gasteiger partial charge in [-0.1, -0.05) is 6.92 Å². The van der Waals surface area contributed by atoms with Crippen molar-refractivity contribution in [2.24, 2.45) is 10.8 Å². The van der Waals surface area contributed by atoms with E-state index in [0.29, 0.717) is 6.42 Å². The summed E-state index contributed by atoms with van der Waals surface area (Å²) in [5, 5.41) is 0. The monoisotopic (exact) mass is 998 g/mol. The van der Waals surface area contributed by atoms with Crippen LogP contribution >= 0.6 is 114 Å². The van der Waals surface area contributed by atoms with E-state index in [9.17, 15) is 43.2 Å². The van der Waals surface area contributed by atoms with Crippen LogP contribution in [0.15, 0.2) is 0 Å². The second-order valence-corrected chi connectivity index (χ2v) is 13.7. The van der Waals surface area contributed by atoms with Crippen molar-refractivity contribution in [1.29, 1.82) is 0 Å². The number of thiol groups is 9. The van der Waals surface area contributed by atoms with Crippen LogP contribution in [0, 0.1) is 10.8 Å². The summed E-state index contributed by atoms with van der Waals surface area (Å²) in [7, 11) is 0. The van der Waals surface area contributed by atoms with Gasteiger partial charge in [0.1, 0.15) is 64.9 Å². The highest BCUT2D eigenvalue weighted by Gasteiger charge is 2.38. The van der Waals surface area contributed by atoms with Crippen LogP contribution in [-0.2, 0) is 85.8 Å². The number of rotatable bonds is 27. The van der Waals surface area contributed by atoms with Gasteiger partial charge >= 0.3 is 53.7 Å². The molecule has 0 aromatic rings. The topological polar surface area (TPSA) is 237 Å². The van der Waals surface area contributed by atoms with Gasteiger partial charge in [0.2, 0.25) is 0 Å². The summed E-state index contributed by atoms with van der Waals surface area (Å²) in [6.45, 7) is 0.527. The van der Waals surface area contributed by atoms with Crippen molar-refractivity contribution >= 4 is 167 Å². The normalized spacial score (nSPS) is 10.4. The molecule has 0 unspecified atom stereocenters. The van der Waals surface area contributed by atoms with Crippen molar-refractivity contribution in [2.75, 3.05) is 111 Å². The Morgan fingerprint density at radius 1 is 0.293 bits per heavy atom. The number of hydrogen-bond donors (Lipinski definition) is 9. The molecule has 0 saturated heterocycles. The summed E-state index contributed by atoms with van der Waals surface area (Å²) in [5.74, 6) is -5.80. The fraction of sp³-hybridized carbons (Fsp3) is 0.710. The maximum atomic E-state index is 11.4. The van der Waals surface area contributed by atoms with E-state index in [1.54, 1.807) is 0 Å². The smallest absolute Gasteiger partial charge is 0.315 e. The van der Waals surface area contributed by atoms with Crippen molar-refractivity contribution in [3.05, 3.63) is 0 Å². The summed E-state index contributed by atoms with van der Waals surface area (Å²) in [6.07, 6.45) is 0.479. The van der Waals surface area contributed by atoms with E-state index in [0.717, 1.165) is 0 Å². The van der Waals surface area contributed by atoms with Gasteiger partial charge in [-0.05, 0) is 6.42 Å². The van der Waals surface area contributed by atoms with Crippen LogP contribution in [0.4, 0.5) is 0 Å². The lowest BCUT2D eigenvalue weighted by Gasteiger charge is -2.31. The average molecular weight is 999 g/mol. The molecule has 336 valence electrons. The quantitative estimate of drug-likeness (QED) is 0.0237. The second kappa shape index (κ2) is 38.3. The molecular weight excluding hydrogens is 949 g/mol. The zero-order valence-electron chi connectivity index (χ0n) is 31.3. The summed E-state index contributed by atoms with van der Waals surface area (Å²) in [4.78, 5) is 100. The highest BCUT2D eigenvalue weighted by Crippen LogP contribution is 2.25. The van der Waals surface area contributed by atoms with E-state index in [4.69, 9.17) is 33.2 Å². The Kier molecular flexibility index (Phi) is 40.1. The van der Waals surface area contributed by atoms with Gasteiger partial charge in [0, 0.05) is 0 Å². The van der Waals surface area contributed by atoms with Crippen molar-refractivity contribution in [2.45, 2.75) is 13.3 Å². The Labute approximate surface area is 386 Å². The van der Waals surface area contributed by atoms with Gasteiger partial charge in [0.15, 0.2) is 0 Å². The highest BCUT2D eigenvalue weighted by atomic mass is 32.1. The zero-order valence-corrected chi connectivity index (χ0v) is 39.4. The minimum Gasteiger partial charge on any atom is -0.464 e. The van der Waals surface area contributed by atoms with Gasteiger partial charge in [-0.2, -0.15) is 114 Å². The van der Waals surface area contributed by atoms with Gasteiger partial charge in [0.05, 0.1) is 57.2 Å². The van der Waals surface area contributed by atoms with Crippen molar-refractivity contribution < 1.29 is 85.8 Å². The molecule has 0 radical (unpaired) electrons. The fourth-order valence-electron chi connectivity index (χ4n) is 3.04. The van der Waals surface area contributed by atoms with Gasteiger partial charge in [-0.25, -0.2) is 0 Å². The first-order valence-corrected chi connectivity index (χ1v) is 22.0. The van der Waals surface area contributed by atoms with Crippen LogP contribution in [0.3, 0.4) is 0 Å². The molecule has 0 aromatic carbocycles. The van der Waals surface area contributed by atoms with E-state index >= 15 is 0 Å². The largest absolute Gasteiger partial charge is 0.464 e. The molecule has 0 spiro atoms. The highest BCUT2D eigenvalue weighted by molar-refractivity contribution is 7.82. The van der Waals surface area contributed by atoms with Crippen molar-refractivity contribution in [1.82, 2.24) is 0 Å². The van der Waals surface area contributed by atoms with E-state index in [1.165, 1.54) is 0 Å². The summed E-state index contributed by atoms with van der Waals surface area (Å²) < 4.78 is 44.3. The van der Waals surface area contributed by atoms with Gasteiger partial charge in [0.25, 0.3) is 0 Å². The molecule has 27 heteroatoms. The molecule has 0 aliphatic carbocycles. The van der Waals surface area contributed by atoms with Gasteiger partial charge < -0.3 is 42.6 Å². The first kappa shape index (κ1) is 60.7. The maximum absolute atomic E-state index is 11.4. The van der Waals surface area contributed by atoms with Crippen LogP contribution in [0.1, 0.15) is 13.3 Å². The van der Waals surface area contributed by atoms with Crippen LogP contribution < -0.4 is 0 Å². The molecule has 0 aliphatic rings. The Bertz CT molecular complexity index is 1120. The number of ether oxygens (including phenoxy) is 9. The SMILES string of the molecule is CCC(COC(=O)CS)(COC(=O)CS)COC(=O)CS.O=C(CS)OCC(COC(=O)CS)(COC(=O)CS)COC(=O)CS.O=C(CS)OCCOC(=O)CS. The fourth-order valence-corrected chi connectivity index (χ4v) is 3.86. The third kappa shape index (κ3) is 33.1. The third-order valence-electron chi connectivity index (χ3n) is 6.30. The summed E-state index contributed by atoms with van der Waals surface area (Å²) in [6, 6.07) is 0. The van der Waals surface area contributed by atoms with Gasteiger partial charge in [-0.15, -0.1) is 0 Å². The van der Waals surface area contributed by atoms with Crippen LogP contribution in [0.25, 0.3) is 0 Å². The Morgan fingerprint density at radius 2 is 0.448 bits per heavy atom. The number of hydrogen-bond acceptors (Lipinski definition) is 27. The van der Waals surface area contributed by atoms with E-state index < -0.39 is 64.6 Å². The lowest BCUT2D eigenvalue weighted by Crippen LogP contribution is -2.44. The molecule has 18 nitrogen and oxygen atoms in total. The third-order valence-corrected chi connectivity index (χ3v) is 8.62. The predicted molar refractivity (Wildman–Crippen MR) is 238 cm³/mol. The maximum Gasteiger partial charge on any atom is 0.315 e. The predicted octanol–water partition coefficient (Wildman–Crippen LogP) is 0.599. The average Bonchev–Trinajstić information content (AvgIpc) is 3.26. The van der Waals surface area contributed by atoms with E-state index in [1.807, 2.05) is 6.92 Å². The molecular formula is C31H50O18S9. The molecule has 58 heavy (non-hydrogen) atoms. The number of esters is 9. The van der Waals surface area contributed by atoms with Crippen molar-refractivity contribution in [3.8, 4) is 0 Å². The second-order valence-electron chi connectivity index (χ2n) is 10.8. The zero-order chi connectivity index (χ0) is 45.0. The molecule has 0 N–H and O–H groups in total. The lowest BCUT2D eigenvalue weighted by molar-refractivity contribution is -0.168.